The van der Waals surface area contributed by atoms with E-state index in [1.165, 1.54) is 77.0 Å². The van der Waals surface area contributed by atoms with E-state index in [9.17, 15) is 17.3 Å². The molecule has 2 saturated heterocycles. The van der Waals surface area contributed by atoms with E-state index < -0.39 is 7.25 Å². The van der Waals surface area contributed by atoms with E-state index in [4.69, 9.17) is 0 Å². The van der Waals surface area contributed by atoms with Crippen molar-refractivity contribution in [3.63, 3.8) is 0 Å². The molecule has 233 valence electrons. The summed E-state index contributed by atoms with van der Waals surface area (Å²) in [6.07, 6.45) is 25.5. The van der Waals surface area contributed by atoms with Crippen molar-refractivity contribution < 1.29 is 36.7 Å². The molecular formula is C32H48BF4P2RhS-. The Hall–Kier alpha value is -0.0717. The fourth-order valence-corrected chi connectivity index (χ4v) is 17.1. The van der Waals surface area contributed by atoms with Crippen molar-refractivity contribution in [2.45, 2.75) is 127 Å². The maximum atomic E-state index is 9.75. The maximum Gasteiger partial charge on any atom is 0.673 e. The van der Waals surface area contributed by atoms with E-state index in [-0.39, 0.29) is 35.3 Å². The van der Waals surface area contributed by atoms with Crippen LogP contribution in [0.1, 0.15) is 105 Å². The van der Waals surface area contributed by atoms with Gasteiger partial charge < -0.3 is 17.3 Å². The van der Waals surface area contributed by atoms with Gasteiger partial charge in [-0.25, -0.2) is 0 Å². The van der Waals surface area contributed by atoms with Crippen molar-refractivity contribution in [1.82, 2.24) is 0 Å². The van der Waals surface area contributed by atoms with Crippen LogP contribution in [0, 0.1) is 0 Å². The van der Waals surface area contributed by atoms with Gasteiger partial charge in [0.25, 0.3) is 0 Å². The van der Waals surface area contributed by atoms with Crippen molar-refractivity contribution in [3.8, 4) is 0 Å². The van der Waals surface area contributed by atoms with Crippen molar-refractivity contribution in [2.75, 3.05) is 0 Å². The molecule has 3 aliphatic rings. The van der Waals surface area contributed by atoms with Gasteiger partial charge in [0.1, 0.15) is 0 Å². The molecule has 3 heterocycles. The zero-order chi connectivity index (χ0) is 29.1. The number of halogens is 4. The van der Waals surface area contributed by atoms with Crippen LogP contribution in [0.5, 0.6) is 0 Å². The van der Waals surface area contributed by atoms with Gasteiger partial charge in [-0.3, -0.25) is 0 Å². The molecule has 2 aromatic rings. The van der Waals surface area contributed by atoms with Gasteiger partial charge in [-0.05, 0) is 106 Å². The number of hydrogen-bond acceptors (Lipinski definition) is 1. The average molecular weight is 716 g/mol. The number of hydrogen-bond donors (Lipinski definition) is 0. The van der Waals surface area contributed by atoms with Gasteiger partial charge in [0.2, 0.25) is 0 Å². The Labute approximate surface area is 266 Å². The minimum Gasteiger partial charge on any atom is -0.418 e. The third kappa shape index (κ3) is 10.8. The van der Waals surface area contributed by atoms with Crippen LogP contribution in [0.2, 0.25) is 0 Å². The van der Waals surface area contributed by atoms with Gasteiger partial charge in [0.15, 0.2) is 0 Å². The number of fused-ring (bicyclic) bond motifs is 1. The molecule has 0 bridgehead atoms. The molecule has 0 saturated carbocycles. The standard InChI is InChI=1S/C24H36P2S.C8H12.BF4.Rh/c1-5-17-13-14-18(6-2)25(17)23-21-11-9-10-12-22(21)27-24(23)26-19(7-3)15-16-20(26)8-4;1-2-4-6-8-7-5-3-1;2-1(3,4)5;/h9-12,17-20H,5-8,13-16H2,1-4H3;1-2,7-8H,3-6H2;;/q;;-1;/b;2-1-,8-7-;;/t17-,18-,19-,20-;;;/m0.../s1. The predicted octanol–water partition coefficient (Wildman–Crippen LogP) is 11.8. The minimum atomic E-state index is -6.00. The Bertz CT molecular complexity index is 1030. The Kier molecular flexibility index (Phi) is 16.9. The molecule has 0 amide bonds. The van der Waals surface area contributed by atoms with Gasteiger partial charge >= 0.3 is 7.25 Å². The summed E-state index contributed by atoms with van der Waals surface area (Å²) in [4.78, 5) is 0. The molecule has 0 spiro atoms. The SMILES string of the molecule is C1=C\CC/C=C\CC/1.CC[C@H]1CC[C@H](CC)P1c1sc2ccccc2c1P1[C@@H](CC)CC[C@@H]1CC.F[B-](F)(F)F.[Rh]. The van der Waals surface area contributed by atoms with Gasteiger partial charge in [-0.15, -0.1) is 11.3 Å². The van der Waals surface area contributed by atoms with Crippen LogP contribution in [0.3, 0.4) is 0 Å². The second-order valence-corrected chi connectivity index (χ2v) is 17.9. The van der Waals surface area contributed by atoms with Gasteiger partial charge in [-0.1, -0.05) is 86.0 Å². The third-order valence-corrected chi connectivity index (χ3v) is 18.0. The summed E-state index contributed by atoms with van der Waals surface area (Å²) < 4.78 is 42.5. The quantitative estimate of drug-likeness (QED) is 0.121. The molecular weight excluding hydrogens is 668 g/mol. The summed E-state index contributed by atoms with van der Waals surface area (Å²) in [6, 6.07) is 9.44. The molecule has 1 aromatic heterocycles. The van der Waals surface area contributed by atoms with Crippen LogP contribution in [-0.4, -0.2) is 29.9 Å². The predicted molar refractivity (Wildman–Crippen MR) is 177 cm³/mol. The Morgan fingerprint density at radius 2 is 1.02 bits per heavy atom. The smallest absolute Gasteiger partial charge is 0.418 e. The van der Waals surface area contributed by atoms with Gasteiger partial charge in [0.05, 0.1) is 0 Å². The summed E-state index contributed by atoms with van der Waals surface area (Å²) in [6.45, 7) is 9.82. The minimum absolute atomic E-state index is 0. The fraction of sp³-hybridized carbons (Fsp3) is 0.625. The summed E-state index contributed by atoms with van der Waals surface area (Å²) >= 11 is 2.22. The molecule has 2 fully saturated rings. The molecule has 1 aromatic carbocycles. The molecule has 9 heteroatoms. The molecule has 0 N–H and O–H groups in total. The van der Waals surface area contributed by atoms with Crippen LogP contribution in [0.4, 0.5) is 17.3 Å². The molecule has 5 rings (SSSR count). The van der Waals surface area contributed by atoms with Crippen LogP contribution < -0.4 is 9.92 Å². The van der Waals surface area contributed by atoms with Gasteiger partial charge in [0, 0.05) is 39.5 Å². The van der Waals surface area contributed by atoms with E-state index in [1.807, 2.05) is 9.92 Å². The molecule has 1 radical (unpaired) electrons. The van der Waals surface area contributed by atoms with Crippen LogP contribution in [0.15, 0.2) is 48.6 Å². The van der Waals surface area contributed by atoms with Crippen molar-refractivity contribution >= 4 is 54.4 Å². The van der Waals surface area contributed by atoms with Crippen LogP contribution in [0.25, 0.3) is 10.1 Å². The van der Waals surface area contributed by atoms with E-state index in [0.29, 0.717) is 0 Å². The average Bonchev–Trinajstić information content (AvgIpc) is 3.60. The van der Waals surface area contributed by atoms with Crippen LogP contribution >= 0.6 is 27.2 Å². The zero-order valence-electron chi connectivity index (χ0n) is 25.1. The van der Waals surface area contributed by atoms with E-state index in [0.717, 1.165) is 22.6 Å². The molecule has 4 atom stereocenters. The third-order valence-electron chi connectivity index (χ3n) is 8.50. The second-order valence-electron chi connectivity index (χ2n) is 11.1. The fourth-order valence-electron chi connectivity index (χ4n) is 6.52. The second kappa shape index (κ2) is 18.7. The van der Waals surface area contributed by atoms with E-state index >= 15 is 0 Å². The van der Waals surface area contributed by atoms with E-state index in [2.05, 4.69) is 87.6 Å². The Morgan fingerprint density at radius 1 is 0.659 bits per heavy atom. The normalized spacial score (nSPS) is 26.6. The first-order chi connectivity index (χ1) is 19.2. The van der Waals surface area contributed by atoms with E-state index in [1.54, 1.807) is 10.1 Å². The van der Waals surface area contributed by atoms with Crippen molar-refractivity contribution in [1.29, 1.82) is 0 Å². The Morgan fingerprint density at radius 3 is 1.41 bits per heavy atom. The van der Waals surface area contributed by atoms with Crippen molar-refractivity contribution in [3.05, 3.63) is 48.6 Å². The monoisotopic (exact) mass is 716 g/mol. The first-order valence-electron chi connectivity index (χ1n) is 15.5. The number of thiophene rings is 1. The van der Waals surface area contributed by atoms with Crippen LogP contribution in [-0.2, 0) is 19.5 Å². The van der Waals surface area contributed by atoms with Crippen molar-refractivity contribution in [2.24, 2.45) is 0 Å². The summed E-state index contributed by atoms with van der Waals surface area (Å²) in [5.41, 5.74) is 3.91. The number of benzene rings is 1. The first kappa shape index (κ1) is 37.1. The zero-order valence-corrected chi connectivity index (χ0v) is 29.4. The summed E-state index contributed by atoms with van der Waals surface area (Å²) in [5.74, 6) is 0. The topological polar surface area (TPSA) is 0 Å². The molecule has 2 aliphatic heterocycles. The van der Waals surface area contributed by atoms with Gasteiger partial charge in [-0.2, -0.15) is 0 Å². The maximum absolute atomic E-state index is 9.75. The summed E-state index contributed by atoms with van der Waals surface area (Å²) in [7, 11) is -5.95. The first-order valence-corrected chi connectivity index (χ1v) is 19.3. The molecule has 0 nitrogen and oxygen atoms in total. The molecule has 41 heavy (non-hydrogen) atoms. The molecule has 0 unspecified atom stereocenters. The largest absolute Gasteiger partial charge is 0.673 e. The Balaban J connectivity index is 0.000000349. The number of rotatable bonds is 6. The summed E-state index contributed by atoms with van der Waals surface area (Å²) in [5, 5.41) is 3.56. The number of allylic oxidation sites excluding steroid dienone is 4. The molecule has 1 aliphatic carbocycles.